The zero-order chi connectivity index (χ0) is 34.8. The van der Waals surface area contributed by atoms with Crippen LogP contribution in [0.15, 0.2) is 106 Å². The van der Waals surface area contributed by atoms with Crippen molar-refractivity contribution in [2.24, 2.45) is 20.5 Å². The van der Waals surface area contributed by atoms with Gasteiger partial charge in [-0.1, -0.05) is 36.4 Å². The number of nitriles is 1. The van der Waals surface area contributed by atoms with E-state index in [0.717, 1.165) is 5.69 Å². The fourth-order valence-electron chi connectivity index (χ4n) is 4.95. The van der Waals surface area contributed by atoms with Crippen LogP contribution in [0.2, 0.25) is 0 Å². The third-order valence-electron chi connectivity index (χ3n) is 7.40. The van der Waals surface area contributed by atoms with Crippen LogP contribution in [0.5, 0.6) is 0 Å². The third-order valence-corrected chi connectivity index (χ3v) is 7.40. The molecule has 5 heterocycles. The number of hydrogen-bond acceptors (Lipinski definition) is 13. The Morgan fingerprint density at radius 1 is 0.660 bits per heavy atom. The molecule has 0 saturated carbocycles. The van der Waals surface area contributed by atoms with E-state index in [1.54, 1.807) is 26.0 Å². The Labute approximate surface area is 283 Å². The molecule has 242 valence electrons. The number of nitrogens with zero attached hydrogens (tertiary/aromatic N) is 16. The first-order chi connectivity index (χ1) is 24.4. The molecular formula is C32H24N18. The van der Waals surface area contributed by atoms with E-state index in [1.807, 2.05) is 60.7 Å². The number of aryl methyl sites for hydroxylation is 2. The second kappa shape index (κ2) is 12.7. The van der Waals surface area contributed by atoms with Crippen LogP contribution >= 0.6 is 0 Å². The first-order valence-corrected chi connectivity index (χ1v) is 14.8. The normalized spacial score (nSPS) is 11.4. The van der Waals surface area contributed by atoms with E-state index in [9.17, 15) is 5.26 Å². The maximum absolute atomic E-state index is 9.61. The fourth-order valence-corrected chi connectivity index (χ4v) is 4.95. The number of rotatable bonds is 8. The molecule has 0 aliphatic heterocycles. The Kier molecular flexibility index (Phi) is 7.84. The SMILES string of the molecule is [C-]#[N+]c1cnn(-c2ccccc2)c1N=Nc1c(C)nn(-c2ccc(-n3nc(C)c(N=Nc4c(C#N)cnn4-c4ccccc4)c3N)nn2)c1N. The Hall–Kier alpha value is -7.86. The van der Waals surface area contributed by atoms with Gasteiger partial charge in [0, 0.05) is 0 Å². The molecule has 7 rings (SSSR count). The van der Waals surface area contributed by atoms with Crippen LogP contribution in [0.25, 0.3) is 27.9 Å². The maximum Gasteiger partial charge on any atom is 0.252 e. The van der Waals surface area contributed by atoms with E-state index >= 15 is 0 Å². The lowest BCUT2D eigenvalue weighted by Gasteiger charge is -2.05. The van der Waals surface area contributed by atoms with Crippen molar-refractivity contribution in [3.63, 3.8) is 0 Å². The summed E-state index contributed by atoms with van der Waals surface area (Å²) in [7, 11) is 0. The molecule has 2 aromatic carbocycles. The molecule has 4 N–H and O–H groups in total. The average Bonchev–Trinajstić information content (AvgIpc) is 3.90. The quantitative estimate of drug-likeness (QED) is 0.138. The van der Waals surface area contributed by atoms with Gasteiger partial charge in [0.15, 0.2) is 46.3 Å². The van der Waals surface area contributed by atoms with Crippen LogP contribution in [0.3, 0.4) is 0 Å². The highest BCUT2D eigenvalue weighted by atomic mass is 15.4. The summed E-state index contributed by atoms with van der Waals surface area (Å²) in [6, 6.07) is 23.9. The number of anilines is 2. The summed E-state index contributed by atoms with van der Waals surface area (Å²) < 4.78 is 5.80. The van der Waals surface area contributed by atoms with Crippen molar-refractivity contribution in [1.29, 1.82) is 5.26 Å². The van der Waals surface area contributed by atoms with Crippen LogP contribution in [0, 0.1) is 31.8 Å². The number of azo groups is 2. The zero-order valence-electron chi connectivity index (χ0n) is 26.4. The van der Waals surface area contributed by atoms with Crippen LogP contribution in [0.1, 0.15) is 17.0 Å². The van der Waals surface area contributed by atoms with Gasteiger partial charge in [-0.3, -0.25) is 0 Å². The second-order valence-corrected chi connectivity index (χ2v) is 10.6. The van der Waals surface area contributed by atoms with E-state index in [1.165, 1.54) is 31.1 Å². The molecule has 0 aliphatic rings. The Balaban J connectivity index is 1.15. The molecule has 18 heteroatoms. The van der Waals surface area contributed by atoms with Crippen LogP contribution < -0.4 is 11.5 Å². The van der Waals surface area contributed by atoms with Gasteiger partial charge in [0.25, 0.3) is 5.69 Å². The van der Waals surface area contributed by atoms with Crippen LogP contribution in [0.4, 0.5) is 40.3 Å². The number of nitrogens with two attached hydrogens (primary N) is 2. The maximum atomic E-state index is 9.61. The number of para-hydroxylation sites is 2. The summed E-state index contributed by atoms with van der Waals surface area (Å²) in [6.07, 6.45) is 2.85. The highest BCUT2D eigenvalue weighted by Gasteiger charge is 2.20. The van der Waals surface area contributed by atoms with Crippen molar-refractivity contribution >= 4 is 40.3 Å². The number of hydrogen-bond donors (Lipinski definition) is 2. The lowest BCUT2D eigenvalue weighted by atomic mass is 10.3. The smallest absolute Gasteiger partial charge is 0.252 e. The van der Waals surface area contributed by atoms with Crippen LogP contribution in [-0.4, -0.2) is 49.3 Å². The lowest BCUT2D eigenvalue weighted by molar-refractivity contribution is 0.772. The van der Waals surface area contributed by atoms with Crippen LogP contribution in [-0.2, 0) is 0 Å². The molecular weight excluding hydrogens is 636 g/mol. The monoisotopic (exact) mass is 660 g/mol. The highest BCUT2D eigenvalue weighted by molar-refractivity contribution is 5.67. The van der Waals surface area contributed by atoms with E-state index < -0.39 is 0 Å². The predicted octanol–water partition coefficient (Wildman–Crippen LogP) is 6.25. The molecule has 5 aromatic heterocycles. The number of aromatic nitrogens is 10. The minimum atomic E-state index is 0.156. The number of nitrogen functional groups attached to an aromatic ring is 2. The van der Waals surface area contributed by atoms with E-state index in [0.29, 0.717) is 34.4 Å². The summed E-state index contributed by atoms with van der Waals surface area (Å²) in [6.45, 7) is 11.0. The minimum Gasteiger partial charge on any atom is -0.382 e. The zero-order valence-corrected chi connectivity index (χ0v) is 26.4. The summed E-state index contributed by atoms with van der Waals surface area (Å²) in [5.41, 5.74) is 16.3. The first kappa shape index (κ1) is 30.8. The van der Waals surface area contributed by atoms with Crippen molar-refractivity contribution in [2.75, 3.05) is 11.5 Å². The summed E-state index contributed by atoms with van der Waals surface area (Å²) >= 11 is 0. The third kappa shape index (κ3) is 5.46. The standard InChI is InChI=1S/C32H24N18/c1-19-27(41-43-31-21(16-33)17-37-47(31)22-10-6-4-7-11-22)29(34)49(45-19)25-14-15-26(40-39-25)50-30(35)28(20(2)46-50)42-44-32-24(36-3)18-38-48(32)23-12-8-5-9-13-23/h4-15,17-18H,34-35H2,1-2H3. The molecule has 7 aromatic rings. The van der Waals surface area contributed by atoms with Gasteiger partial charge < -0.3 is 11.5 Å². The highest BCUT2D eigenvalue weighted by Crippen LogP contribution is 2.35. The molecule has 50 heavy (non-hydrogen) atoms. The number of benzene rings is 2. The van der Waals surface area contributed by atoms with Crippen molar-refractivity contribution in [3.05, 3.63) is 114 Å². The topological polar surface area (TPSA) is 227 Å². The Morgan fingerprint density at radius 2 is 1.14 bits per heavy atom. The van der Waals surface area contributed by atoms with E-state index in [4.69, 9.17) is 18.0 Å². The van der Waals surface area contributed by atoms with Gasteiger partial charge in [0.05, 0.1) is 41.7 Å². The molecule has 18 nitrogen and oxygen atoms in total. The van der Waals surface area contributed by atoms with Crippen molar-refractivity contribution in [2.45, 2.75) is 13.8 Å². The van der Waals surface area contributed by atoms with Crippen molar-refractivity contribution < 1.29 is 0 Å². The predicted molar refractivity (Wildman–Crippen MR) is 181 cm³/mol. The Morgan fingerprint density at radius 3 is 1.62 bits per heavy atom. The lowest BCUT2D eigenvalue weighted by Crippen LogP contribution is -2.09. The van der Waals surface area contributed by atoms with Gasteiger partial charge in [-0.2, -0.15) is 35.0 Å². The Bertz CT molecular complexity index is 2310. The molecule has 0 fully saturated rings. The van der Waals surface area contributed by atoms with E-state index in [2.05, 4.69) is 62.0 Å². The van der Waals surface area contributed by atoms with Gasteiger partial charge in [0.2, 0.25) is 0 Å². The molecule has 0 amide bonds. The molecule has 0 radical (unpaired) electrons. The molecule has 0 unspecified atom stereocenters. The molecule has 0 aliphatic carbocycles. The van der Waals surface area contributed by atoms with Crippen molar-refractivity contribution in [3.8, 4) is 29.1 Å². The van der Waals surface area contributed by atoms with Gasteiger partial charge in [0.1, 0.15) is 11.6 Å². The van der Waals surface area contributed by atoms with E-state index in [-0.39, 0.29) is 40.2 Å². The van der Waals surface area contributed by atoms with Gasteiger partial charge in [-0.25, -0.2) is 14.2 Å². The largest absolute Gasteiger partial charge is 0.382 e. The summed E-state index contributed by atoms with van der Waals surface area (Å²) in [5.74, 6) is 1.41. The van der Waals surface area contributed by atoms with Gasteiger partial charge >= 0.3 is 0 Å². The second-order valence-electron chi connectivity index (χ2n) is 10.6. The molecule has 0 spiro atoms. The van der Waals surface area contributed by atoms with Gasteiger partial charge in [-0.05, 0) is 50.2 Å². The summed E-state index contributed by atoms with van der Waals surface area (Å²) in [5, 5.41) is 53.1. The first-order valence-electron chi connectivity index (χ1n) is 14.8. The molecule has 0 atom stereocenters. The van der Waals surface area contributed by atoms with Crippen molar-refractivity contribution in [1.82, 2.24) is 49.3 Å². The van der Waals surface area contributed by atoms with Gasteiger partial charge in [-0.15, -0.1) is 30.7 Å². The average molecular weight is 661 g/mol. The summed E-state index contributed by atoms with van der Waals surface area (Å²) in [4.78, 5) is 3.52. The fraction of sp³-hybridized carbons (Fsp3) is 0.0625. The minimum absolute atomic E-state index is 0.156. The molecule has 0 bridgehead atoms. The molecule has 0 saturated heterocycles.